The minimum absolute atomic E-state index is 0.157. The van der Waals surface area contributed by atoms with Crippen LogP contribution in [0.3, 0.4) is 0 Å². The van der Waals surface area contributed by atoms with Gasteiger partial charge in [-0.05, 0) is 25.5 Å². The number of hydrogen-bond donors (Lipinski definition) is 1. The van der Waals surface area contributed by atoms with Crippen LogP contribution in [0.1, 0.15) is 48.0 Å². The summed E-state index contributed by atoms with van der Waals surface area (Å²) in [4.78, 5) is 23.5. The van der Waals surface area contributed by atoms with Gasteiger partial charge in [0.25, 0.3) is 0 Å². The molecule has 0 radical (unpaired) electrons. The number of carbonyl (C=O) groups is 2. The number of ether oxygens (including phenoxy) is 2. The molecule has 130 valence electrons. The lowest BCUT2D eigenvalue weighted by Crippen LogP contribution is -2.32. The van der Waals surface area contributed by atoms with Crippen molar-refractivity contribution >= 4 is 23.7 Å². The van der Waals surface area contributed by atoms with E-state index < -0.39 is 11.5 Å². The molecule has 0 rings (SSSR count). The maximum Gasteiger partial charge on any atom is 0.311 e. The highest BCUT2D eigenvalue weighted by atomic mass is 32.2. The second-order valence-corrected chi connectivity index (χ2v) is 8.01. The Labute approximate surface area is 138 Å². The molecule has 0 aliphatic carbocycles. The van der Waals surface area contributed by atoms with Crippen LogP contribution in [0.2, 0.25) is 0 Å². The number of aliphatic hydroxyl groups is 1. The van der Waals surface area contributed by atoms with Crippen molar-refractivity contribution in [1.82, 2.24) is 0 Å². The highest BCUT2D eigenvalue weighted by Gasteiger charge is 2.27. The fraction of sp³-hybridized carbons (Fsp3) is 0.875. The van der Waals surface area contributed by atoms with Crippen molar-refractivity contribution in [3.63, 3.8) is 0 Å². The molecule has 1 N–H and O–H groups in total. The monoisotopic (exact) mass is 334 g/mol. The fourth-order valence-electron chi connectivity index (χ4n) is 1.29. The predicted molar refractivity (Wildman–Crippen MR) is 88.8 cm³/mol. The van der Waals surface area contributed by atoms with Gasteiger partial charge < -0.3 is 14.6 Å². The van der Waals surface area contributed by atoms with E-state index >= 15 is 0 Å². The standard InChI is InChI=1S/C16H30O5S/c1-7-16(5,6)15(19)21-9-13(17)8-20-14(18)12(4)10-22-11(2)3/h11-13,17H,7-10H2,1-6H3. The summed E-state index contributed by atoms with van der Waals surface area (Å²) in [5.74, 6) is -0.234. The molecule has 0 aromatic rings. The number of hydrogen-bond acceptors (Lipinski definition) is 6. The summed E-state index contributed by atoms with van der Waals surface area (Å²) in [5.41, 5.74) is -0.570. The third-order valence-electron chi connectivity index (χ3n) is 3.34. The summed E-state index contributed by atoms with van der Waals surface area (Å²) in [6.45, 7) is 11.1. The van der Waals surface area contributed by atoms with Gasteiger partial charge in [0.1, 0.15) is 19.3 Å². The lowest BCUT2D eigenvalue weighted by atomic mass is 9.91. The Balaban J connectivity index is 4.01. The van der Waals surface area contributed by atoms with E-state index in [4.69, 9.17) is 9.47 Å². The molecule has 0 aromatic heterocycles. The number of esters is 2. The molecule has 0 bridgehead atoms. The molecule has 0 aromatic carbocycles. The first kappa shape index (κ1) is 21.2. The van der Waals surface area contributed by atoms with Crippen molar-refractivity contribution in [3.8, 4) is 0 Å². The van der Waals surface area contributed by atoms with Crippen molar-refractivity contribution in [2.45, 2.75) is 59.3 Å². The summed E-state index contributed by atoms with van der Waals surface area (Å²) in [6, 6.07) is 0. The van der Waals surface area contributed by atoms with Crippen molar-refractivity contribution in [2.24, 2.45) is 11.3 Å². The zero-order chi connectivity index (χ0) is 17.3. The van der Waals surface area contributed by atoms with Gasteiger partial charge in [0.2, 0.25) is 0 Å². The molecule has 2 unspecified atom stereocenters. The lowest BCUT2D eigenvalue weighted by molar-refractivity contribution is -0.160. The number of carbonyl (C=O) groups excluding carboxylic acids is 2. The maximum absolute atomic E-state index is 11.8. The Morgan fingerprint density at radius 1 is 1.14 bits per heavy atom. The van der Waals surface area contributed by atoms with E-state index in [0.717, 1.165) is 0 Å². The Bertz CT molecular complexity index is 354. The number of thioether (sulfide) groups is 1. The Morgan fingerprint density at radius 3 is 2.18 bits per heavy atom. The third-order valence-corrected chi connectivity index (χ3v) is 4.70. The molecular formula is C16H30O5S. The molecule has 0 amide bonds. The van der Waals surface area contributed by atoms with Gasteiger partial charge in [-0.25, -0.2) is 0 Å². The summed E-state index contributed by atoms with van der Waals surface area (Å²) in [7, 11) is 0. The van der Waals surface area contributed by atoms with Crippen molar-refractivity contribution in [2.75, 3.05) is 19.0 Å². The van der Waals surface area contributed by atoms with Crippen LogP contribution >= 0.6 is 11.8 Å². The first-order valence-corrected chi connectivity index (χ1v) is 8.78. The molecule has 0 spiro atoms. The Hall–Kier alpha value is -0.750. The highest BCUT2D eigenvalue weighted by Crippen LogP contribution is 2.21. The van der Waals surface area contributed by atoms with E-state index in [0.29, 0.717) is 17.4 Å². The smallest absolute Gasteiger partial charge is 0.311 e. The molecule has 0 saturated carbocycles. The summed E-state index contributed by atoms with van der Waals surface area (Å²) in [6.07, 6.45) is -0.340. The SMILES string of the molecule is CCC(C)(C)C(=O)OCC(O)COC(=O)C(C)CSC(C)C. The average Bonchev–Trinajstić information content (AvgIpc) is 2.47. The van der Waals surface area contributed by atoms with E-state index in [9.17, 15) is 14.7 Å². The van der Waals surface area contributed by atoms with Gasteiger partial charge in [-0.2, -0.15) is 11.8 Å². The summed E-state index contributed by atoms with van der Waals surface area (Å²) in [5, 5.41) is 10.2. The minimum Gasteiger partial charge on any atom is -0.463 e. The molecule has 5 nitrogen and oxygen atoms in total. The van der Waals surface area contributed by atoms with Gasteiger partial charge in [0.05, 0.1) is 11.3 Å². The van der Waals surface area contributed by atoms with E-state index in [1.54, 1.807) is 32.5 Å². The molecule has 6 heteroatoms. The van der Waals surface area contributed by atoms with E-state index in [1.807, 2.05) is 6.92 Å². The van der Waals surface area contributed by atoms with Gasteiger partial charge in [0.15, 0.2) is 0 Å². The number of rotatable bonds is 10. The van der Waals surface area contributed by atoms with Gasteiger partial charge in [0, 0.05) is 5.75 Å². The Morgan fingerprint density at radius 2 is 1.68 bits per heavy atom. The largest absolute Gasteiger partial charge is 0.463 e. The second-order valence-electron chi connectivity index (χ2n) is 6.40. The van der Waals surface area contributed by atoms with Gasteiger partial charge in [-0.3, -0.25) is 9.59 Å². The molecule has 0 aliphatic rings. The Kier molecular flexibility index (Phi) is 9.76. The topological polar surface area (TPSA) is 72.8 Å². The van der Waals surface area contributed by atoms with E-state index in [2.05, 4.69) is 13.8 Å². The van der Waals surface area contributed by atoms with Crippen molar-refractivity contribution < 1.29 is 24.2 Å². The van der Waals surface area contributed by atoms with Gasteiger partial charge in [-0.15, -0.1) is 0 Å². The summed E-state index contributed by atoms with van der Waals surface area (Å²) >= 11 is 1.69. The van der Waals surface area contributed by atoms with Crippen molar-refractivity contribution in [1.29, 1.82) is 0 Å². The van der Waals surface area contributed by atoms with Crippen LogP contribution < -0.4 is 0 Å². The molecule has 0 aliphatic heterocycles. The third kappa shape index (κ3) is 8.63. The van der Waals surface area contributed by atoms with Gasteiger partial charge in [-0.1, -0.05) is 27.7 Å². The maximum atomic E-state index is 11.8. The van der Waals surface area contributed by atoms with Crippen LogP contribution in [0.5, 0.6) is 0 Å². The van der Waals surface area contributed by atoms with Crippen LogP contribution in [0.15, 0.2) is 0 Å². The normalized spacial score (nSPS) is 14.5. The van der Waals surface area contributed by atoms with Crippen LogP contribution in [0.25, 0.3) is 0 Å². The zero-order valence-corrected chi connectivity index (χ0v) is 15.4. The average molecular weight is 334 g/mol. The first-order chi connectivity index (χ1) is 10.1. The molecule has 22 heavy (non-hydrogen) atoms. The predicted octanol–water partition coefficient (Wildman–Crippen LogP) is 2.65. The van der Waals surface area contributed by atoms with Crippen LogP contribution in [0.4, 0.5) is 0 Å². The molecule has 0 fully saturated rings. The molecule has 0 heterocycles. The number of aliphatic hydroxyl groups excluding tert-OH is 1. The highest BCUT2D eigenvalue weighted by molar-refractivity contribution is 7.99. The van der Waals surface area contributed by atoms with E-state index in [-0.39, 0.29) is 31.1 Å². The fourth-order valence-corrected chi connectivity index (χ4v) is 2.09. The van der Waals surface area contributed by atoms with Crippen LogP contribution in [-0.2, 0) is 19.1 Å². The molecular weight excluding hydrogens is 304 g/mol. The molecule has 2 atom stereocenters. The molecule has 0 saturated heterocycles. The van der Waals surface area contributed by atoms with Crippen molar-refractivity contribution in [3.05, 3.63) is 0 Å². The minimum atomic E-state index is -0.995. The van der Waals surface area contributed by atoms with E-state index in [1.165, 1.54) is 0 Å². The first-order valence-electron chi connectivity index (χ1n) is 7.73. The quantitative estimate of drug-likeness (QED) is 0.619. The van der Waals surface area contributed by atoms with Gasteiger partial charge >= 0.3 is 11.9 Å². The second kappa shape index (κ2) is 10.1. The van der Waals surface area contributed by atoms with Crippen LogP contribution in [0, 0.1) is 11.3 Å². The zero-order valence-electron chi connectivity index (χ0n) is 14.5. The van der Waals surface area contributed by atoms with Crippen LogP contribution in [-0.4, -0.2) is 47.4 Å². The lowest BCUT2D eigenvalue weighted by Gasteiger charge is -2.21. The summed E-state index contributed by atoms with van der Waals surface area (Å²) < 4.78 is 10.1.